The molecule has 0 spiro atoms. The number of hydrogen-bond donors (Lipinski definition) is 0. The molecule has 1 aromatic rings. The zero-order valence-electron chi connectivity index (χ0n) is 7.79. The summed E-state index contributed by atoms with van der Waals surface area (Å²) in [5.74, 6) is -0.763. The van der Waals surface area contributed by atoms with Gasteiger partial charge in [-0.05, 0) is 18.1 Å². The summed E-state index contributed by atoms with van der Waals surface area (Å²) < 4.78 is 35.5. The number of hydrogen-bond acceptors (Lipinski definition) is 2. The third-order valence-electron chi connectivity index (χ3n) is 1.85. The first-order valence-electron chi connectivity index (χ1n) is 4.07. The van der Waals surface area contributed by atoms with E-state index in [0.717, 1.165) is 0 Å². The standard InChI is InChI=1S/C9H10ClFO2S/c1-6(2)9-7(11)4-3-5-8(9)14(10,12)13/h3-6H,1-2H3. The van der Waals surface area contributed by atoms with Crippen LogP contribution in [0.5, 0.6) is 0 Å². The Morgan fingerprint density at radius 3 is 2.29 bits per heavy atom. The zero-order valence-corrected chi connectivity index (χ0v) is 9.36. The molecule has 0 atom stereocenters. The Balaban J connectivity index is 3.52. The highest BCUT2D eigenvalue weighted by atomic mass is 35.7. The Kier molecular flexibility index (Phi) is 3.17. The van der Waals surface area contributed by atoms with Gasteiger partial charge in [0.05, 0.1) is 4.90 Å². The molecule has 14 heavy (non-hydrogen) atoms. The molecule has 0 fully saturated rings. The maximum atomic E-state index is 13.3. The van der Waals surface area contributed by atoms with E-state index in [1.54, 1.807) is 13.8 Å². The molecular weight excluding hydrogens is 227 g/mol. The van der Waals surface area contributed by atoms with Crippen LogP contribution in [0.15, 0.2) is 23.1 Å². The van der Waals surface area contributed by atoms with E-state index < -0.39 is 14.9 Å². The first-order chi connectivity index (χ1) is 6.34. The Labute approximate surface area is 87.1 Å². The molecule has 0 aliphatic rings. The Morgan fingerprint density at radius 2 is 1.93 bits per heavy atom. The van der Waals surface area contributed by atoms with Crippen LogP contribution in [0.25, 0.3) is 0 Å². The second-order valence-corrected chi connectivity index (χ2v) is 5.78. The van der Waals surface area contributed by atoms with Crippen LogP contribution in [-0.4, -0.2) is 8.42 Å². The third-order valence-corrected chi connectivity index (χ3v) is 3.23. The fourth-order valence-electron chi connectivity index (χ4n) is 1.29. The highest BCUT2D eigenvalue weighted by Crippen LogP contribution is 2.28. The maximum Gasteiger partial charge on any atom is 0.261 e. The Hall–Kier alpha value is -0.610. The lowest BCUT2D eigenvalue weighted by Crippen LogP contribution is -2.02. The predicted octanol–water partition coefficient (Wildman–Crippen LogP) is 2.88. The van der Waals surface area contributed by atoms with Crippen LogP contribution < -0.4 is 0 Å². The first kappa shape index (κ1) is 11.5. The molecule has 0 N–H and O–H groups in total. The lowest BCUT2D eigenvalue weighted by molar-refractivity contribution is 0.579. The van der Waals surface area contributed by atoms with Gasteiger partial charge in [0.2, 0.25) is 0 Å². The number of benzene rings is 1. The van der Waals surface area contributed by atoms with E-state index in [1.807, 2.05) is 0 Å². The summed E-state index contributed by atoms with van der Waals surface area (Å²) in [5, 5.41) is 0. The van der Waals surface area contributed by atoms with E-state index in [-0.39, 0.29) is 16.4 Å². The molecule has 0 aromatic heterocycles. The fraction of sp³-hybridized carbons (Fsp3) is 0.333. The van der Waals surface area contributed by atoms with E-state index in [9.17, 15) is 12.8 Å². The van der Waals surface area contributed by atoms with Crippen LogP contribution in [0, 0.1) is 5.82 Å². The molecule has 0 aliphatic heterocycles. The summed E-state index contributed by atoms with van der Waals surface area (Å²) in [7, 11) is 1.32. The van der Waals surface area contributed by atoms with Gasteiger partial charge in [0.25, 0.3) is 9.05 Å². The van der Waals surface area contributed by atoms with Crippen molar-refractivity contribution >= 4 is 19.7 Å². The minimum absolute atomic E-state index is 0.141. The predicted molar refractivity (Wildman–Crippen MR) is 53.5 cm³/mol. The van der Waals surface area contributed by atoms with E-state index in [0.29, 0.717) is 0 Å². The quantitative estimate of drug-likeness (QED) is 0.740. The second-order valence-electron chi connectivity index (χ2n) is 3.24. The van der Waals surface area contributed by atoms with Gasteiger partial charge in [0, 0.05) is 16.2 Å². The third kappa shape index (κ3) is 2.25. The maximum absolute atomic E-state index is 13.3. The van der Waals surface area contributed by atoms with Crippen LogP contribution in [0.1, 0.15) is 25.3 Å². The van der Waals surface area contributed by atoms with Crippen molar-refractivity contribution in [1.29, 1.82) is 0 Å². The molecule has 1 rings (SSSR count). The number of rotatable bonds is 2. The average molecular weight is 237 g/mol. The van der Waals surface area contributed by atoms with Gasteiger partial charge in [-0.15, -0.1) is 0 Å². The van der Waals surface area contributed by atoms with Crippen molar-refractivity contribution in [2.24, 2.45) is 0 Å². The normalized spacial score (nSPS) is 12.1. The zero-order chi connectivity index (χ0) is 10.9. The Morgan fingerprint density at radius 1 is 1.36 bits per heavy atom. The molecule has 0 radical (unpaired) electrons. The average Bonchev–Trinajstić information content (AvgIpc) is 2.01. The first-order valence-corrected chi connectivity index (χ1v) is 6.38. The summed E-state index contributed by atoms with van der Waals surface area (Å²) in [6.07, 6.45) is 0. The van der Waals surface area contributed by atoms with Crippen molar-refractivity contribution in [3.05, 3.63) is 29.6 Å². The van der Waals surface area contributed by atoms with Gasteiger partial charge >= 0.3 is 0 Å². The number of halogens is 2. The van der Waals surface area contributed by atoms with Gasteiger partial charge in [0.1, 0.15) is 5.82 Å². The molecule has 0 saturated heterocycles. The highest BCUT2D eigenvalue weighted by Gasteiger charge is 2.20. The van der Waals surface area contributed by atoms with Crippen molar-refractivity contribution in [3.63, 3.8) is 0 Å². The molecular formula is C9H10ClFO2S. The van der Waals surface area contributed by atoms with Crippen molar-refractivity contribution in [2.75, 3.05) is 0 Å². The monoisotopic (exact) mass is 236 g/mol. The van der Waals surface area contributed by atoms with Gasteiger partial charge in [-0.3, -0.25) is 0 Å². The van der Waals surface area contributed by atoms with E-state index in [4.69, 9.17) is 10.7 Å². The van der Waals surface area contributed by atoms with Crippen LogP contribution in [0.4, 0.5) is 4.39 Å². The molecule has 0 aliphatic carbocycles. The molecule has 78 valence electrons. The lowest BCUT2D eigenvalue weighted by atomic mass is 10.0. The molecule has 0 amide bonds. The lowest BCUT2D eigenvalue weighted by Gasteiger charge is -2.10. The van der Waals surface area contributed by atoms with Gasteiger partial charge in [0.15, 0.2) is 0 Å². The molecule has 0 bridgehead atoms. The smallest absolute Gasteiger partial charge is 0.207 e. The SMILES string of the molecule is CC(C)c1c(F)cccc1S(=O)(=O)Cl. The largest absolute Gasteiger partial charge is 0.261 e. The molecule has 5 heteroatoms. The minimum atomic E-state index is -3.87. The minimum Gasteiger partial charge on any atom is -0.207 e. The van der Waals surface area contributed by atoms with Crippen LogP contribution in [0.2, 0.25) is 0 Å². The second kappa shape index (κ2) is 3.87. The van der Waals surface area contributed by atoms with Crippen molar-refractivity contribution in [2.45, 2.75) is 24.7 Å². The molecule has 0 heterocycles. The summed E-state index contributed by atoms with van der Waals surface area (Å²) >= 11 is 0. The molecule has 1 aromatic carbocycles. The van der Waals surface area contributed by atoms with Crippen LogP contribution in [0.3, 0.4) is 0 Å². The highest BCUT2D eigenvalue weighted by molar-refractivity contribution is 8.13. The Bertz CT molecular complexity index is 440. The van der Waals surface area contributed by atoms with E-state index in [2.05, 4.69) is 0 Å². The van der Waals surface area contributed by atoms with Crippen molar-refractivity contribution in [3.8, 4) is 0 Å². The van der Waals surface area contributed by atoms with Gasteiger partial charge in [-0.1, -0.05) is 19.9 Å². The topological polar surface area (TPSA) is 34.1 Å². The summed E-state index contributed by atoms with van der Waals surface area (Å²) in [4.78, 5) is -0.144. The van der Waals surface area contributed by atoms with Gasteiger partial charge < -0.3 is 0 Å². The summed E-state index contributed by atoms with van der Waals surface area (Å²) in [5.41, 5.74) is 0.141. The van der Waals surface area contributed by atoms with Gasteiger partial charge in [-0.25, -0.2) is 12.8 Å². The molecule has 2 nitrogen and oxygen atoms in total. The van der Waals surface area contributed by atoms with Crippen molar-refractivity contribution in [1.82, 2.24) is 0 Å². The van der Waals surface area contributed by atoms with E-state index >= 15 is 0 Å². The molecule has 0 unspecified atom stereocenters. The van der Waals surface area contributed by atoms with Crippen LogP contribution >= 0.6 is 10.7 Å². The summed E-state index contributed by atoms with van der Waals surface area (Å²) in [6, 6.07) is 3.86. The van der Waals surface area contributed by atoms with Gasteiger partial charge in [-0.2, -0.15) is 0 Å². The van der Waals surface area contributed by atoms with E-state index in [1.165, 1.54) is 18.2 Å². The van der Waals surface area contributed by atoms with Crippen LogP contribution in [-0.2, 0) is 9.05 Å². The summed E-state index contributed by atoms with van der Waals surface area (Å²) in [6.45, 7) is 3.42. The molecule has 0 saturated carbocycles. The van der Waals surface area contributed by atoms with Crippen molar-refractivity contribution < 1.29 is 12.8 Å². The fourth-order valence-corrected chi connectivity index (χ4v) is 2.53.